The van der Waals surface area contributed by atoms with E-state index >= 15 is 0 Å². The van der Waals surface area contributed by atoms with Crippen molar-refractivity contribution in [3.63, 3.8) is 0 Å². The standard InChI is InChI=1S/C17H16N4O2S2/c22-16(14-11-25-17(20-14)12-3-8-24-10-12)19-13-1-2-15(18-9-13)21-4-6-23-7-5-21/h1-3,8-11H,4-7H2,(H,19,22). The van der Waals surface area contributed by atoms with Crippen LogP contribution in [0.3, 0.4) is 0 Å². The summed E-state index contributed by atoms with van der Waals surface area (Å²) in [6.45, 7) is 3.11. The molecule has 3 aromatic rings. The number of thiazole rings is 1. The lowest BCUT2D eigenvalue weighted by Crippen LogP contribution is -2.36. The lowest BCUT2D eigenvalue weighted by atomic mass is 10.3. The van der Waals surface area contributed by atoms with E-state index in [0.717, 1.165) is 42.7 Å². The Labute approximate surface area is 153 Å². The molecule has 1 aliphatic heterocycles. The summed E-state index contributed by atoms with van der Waals surface area (Å²) in [5.41, 5.74) is 2.13. The molecule has 4 heterocycles. The predicted molar refractivity (Wildman–Crippen MR) is 101 cm³/mol. The van der Waals surface area contributed by atoms with Gasteiger partial charge < -0.3 is 15.0 Å². The van der Waals surface area contributed by atoms with Gasteiger partial charge in [0.25, 0.3) is 5.91 Å². The van der Waals surface area contributed by atoms with Gasteiger partial charge in [-0.05, 0) is 23.6 Å². The number of anilines is 2. The largest absolute Gasteiger partial charge is 0.378 e. The number of rotatable bonds is 4. The second-order valence-corrected chi connectivity index (χ2v) is 7.15. The van der Waals surface area contributed by atoms with Crippen molar-refractivity contribution in [3.05, 3.63) is 46.2 Å². The lowest BCUT2D eigenvalue weighted by Gasteiger charge is -2.27. The van der Waals surface area contributed by atoms with E-state index in [1.165, 1.54) is 11.3 Å². The van der Waals surface area contributed by atoms with E-state index in [-0.39, 0.29) is 5.91 Å². The molecule has 0 saturated carbocycles. The summed E-state index contributed by atoms with van der Waals surface area (Å²) < 4.78 is 5.34. The fourth-order valence-corrected chi connectivity index (χ4v) is 4.04. The maximum absolute atomic E-state index is 12.4. The predicted octanol–water partition coefficient (Wildman–Crippen LogP) is 3.36. The van der Waals surface area contributed by atoms with E-state index in [1.807, 2.05) is 29.0 Å². The van der Waals surface area contributed by atoms with Gasteiger partial charge in [-0.15, -0.1) is 11.3 Å². The summed E-state index contributed by atoms with van der Waals surface area (Å²) in [7, 11) is 0. The molecule has 8 heteroatoms. The number of carbonyl (C=O) groups excluding carboxylic acids is 1. The zero-order valence-electron chi connectivity index (χ0n) is 13.3. The second-order valence-electron chi connectivity index (χ2n) is 5.51. The first-order valence-electron chi connectivity index (χ1n) is 7.88. The molecule has 1 saturated heterocycles. The van der Waals surface area contributed by atoms with E-state index in [9.17, 15) is 4.79 Å². The quantitative estimate of drug-likeness (QED) is 0.761. The van der Waals surface area contributed by atoms with Gasteiger partial charge in [-0.1, -0.05) is 0 Å². The molecule has 1 fully saturated rings. The zero-order valence-corrected chi connectivity index (χ0v) is 15.0. The second kappa shape index (κ2) is 7.30. The Bertz CT molecular complexity index is 840. The Hall–Kier alpha value is -2.29. The van der Waals surface area contributed by atoms with Crippen LogP contribution in [0.4, 0.5) is 11.5 Å². The van der Waals surface area contributed by atoms with Crippen LogP contribution < -0.4 is 10.2 Å². The average molecular weight is 372 g/mol. The van der Waals surface area contributed by atoms with E-state index in [2.05, 4.69) is 20.2 Å². The molecular formula is C17H16N4O2S2. The minimum atomic E-state index is -0.223. The maximum atomic E-state index is 12.4. The van der Waals surface area contributed by atoms with Crippen molar-refractivity contribution in [2.75, 3.05) is 36.5 Å². The van der Waals surface area contributed by atoms with Crippen LogP contribution in [0.1, 0.15) is 10.5 Å². The number of ether oxygens (including phenoxy) is 1. The normalized spacial score (nSPS) is 14.5. The van der Waals surface area contributed by atoms with E-state index < -0.39 is 0 Å². The van der Waals surface area contributed by atoms with Gasteiger partial charge in [0.2, 0.25) is 0 Å². The van der Waals surface area contributed by atoms with Crippen molar-refractivity contribution in [2.24, 2.45) is 0 Å². The molecule has 4 rings (SSSR count). The molecule has 6 nitrogen and oxygen atoms in total. The number of carbonyl (C=O) groups is 1. The molecule has 1 aliphatic rings. The van der Waals surface area contributed by atoms with Gasteiger partial charge in [-0.25, -0.2) is 9.97 Å². The van der Waals surface area contributed by atoms with Gasteiger partial charge in [0.1, 0.15) is 16.5 Å². The Morgan fingerprint density at radius 3 is 2.80 bits per heavy atom. The van der Waals surface area contributed by atoms with Crippen LogP contribution in [0.5, 0.6) is 0 Å². The number of nitrogens with zero attached hydrogens (tertiary/aromatic N) is 3. The highest BCUT2D eigenvalue weighted by Crippen LogP contribution is 2.26. The van der Waals surface area contributed by atoms with Crippen LogP contribution >= 0.6 is 22.7 Å². The molecule has 0 unspecified atom stereocenters. The number of hydrogen-bond acceptors (Lipinski definition) is 7. The van der Waals surface area contributed by atoms with Crippen LogP contribution in [-0.2, 0) is 4.74 Å². The topological polar surface area (TPSA) is 67.4 Å². The van der Waals surface area contributed by atoms with Crippen LogP contribution in [0.15, 0.2) is 40.5 Å². The van der Waals surface area contributed by atoms with E-state index in [1.54, 1.807) is 22.9 Å². The van der Waals surface area contributed by atoms with Crippen molar-refractivity contribution >= 4 is 40.1 Å². The molecule has 0 aromatic carbocycles. The van der Waals surface area contributed by atoms with Crippen LogP contribution in [-0.4, -0.2) is 42.2 Å². The molecule has 128 valence electrons. The zero-order chi connectivity index (χ0) is 17.1. The summed E-state index contributed by atoms with van der Waals surface area (Å²) in [6.07, 6.45) is 1.68. The van der Waals surface area contributed by atoms with Gasteiger partial charge in [-0.2, -0.15) is 11.3 Å². The van der Waals surface area contributed by atoms with Crippen molar-refractivity contribution < 1.29 is 9.53 Å². The van der Waals surface area contributed by atoms with Crippen molar-refractivity contribution in [1.82, 2.24) is 9.97 Å². The highest BCUT2D eigenvalue weighted by molar-refractivity contribution is 7.14. The number of hydrogen-bond donors (Lipinski definition) is 1. The first-order valence-corrected chi connectivity index (χ1v) is 9.70. The Morgan fingerprint density at radius 2 is 2.08 bits per heavy atom. The number of aromatic nitrogens is 2. The summed E-state index contributed by atoms with van der Waals surface area (Å²) in [5, 5.41) is 9.50. The minimum Gasteiger partial charge on any atom is -0.378 e. The Morgan fingerprint density at radius 1 is 1.20 bits per heavy atom. The molecule has 0 spiro atoms. The molecule has 25 heavy (non-hydrogen) atoms. The third kappa shape index (κ3) is 3.71. The van der Waals surface area contributed by atoms with Crippen LogP contribution in [0.2, 0.25) is 0 Å². The number of pyridine rings is 1. The highest BCUT2D eigenvalue weighted by atomic mass is 32.1. The molecular weight excluding hydrogens is 356 g/mol. The molecule has 0 radical (unpaired) electrons. The minimum absolute atomic E-state index is 0.223. The van der Waals surface area contributed by atoms with Crippen molar-refractivity contribution in [1.29, 1.82) is 0 Å². The van der Waals surface area contributed by atoms with Crippen molar-refractivity contribution in [2.45, 2.75) is 0 Å². The Kier molecular flexibility index (Phi) is 4.73. The van der Waals surface area contributed by atoms with Crippen LogP contribution in [0.25, 0.3) is 10.6 Å². The number of amides is 1. The molecule has 1 amide bonds. The highest BCUT2D eigenvalue weighted by Gasteiger charge is 2.14. The fourth-order valence-electron chi connectivity index (χ4n) is 2.53. The molecule has 1 N–H and O–H groups in total. The van der Waals surface area contributed by atoms with Gasteiger partial charge in [0.05, 0.1) is 25.1 Å². The van der Waals surface area contributed by atoms with Gasteiger partial charge >= 0.3 is 0 Å². The lowest BCUT2D eigenvalue weighted by molar-refractivity contribution is 0.102. The van der Waals surface area contributed by atoms with E-state index in [4.69, 9.17) is 4.74 Å². The van der Waals surface area contributed by atoms with Gasteiger partial charge in [0, 0.05) is 29.4 Å². The molecule has 0 bridgehead atoms. The summed E-state index contributed by atoms with van der Waals surface area (Å²) in [6, 6.07) is 5.78. The first-order chi connectivity index (χ1) is 12.3. The first kappa shape index (κ1) is 16.2. The Balaban J connectivity index is 1.42. The fraction of sp³-hybridized carbons (Fsp3) is 0.235. The summed E-state index contributed by atoms with van der Waals surface area (Å²) in [5.74, 6) is 0.674. The number of morpholine rings is 1. The van der Waals surface area contributed by atoms with Crippen molar-refractivity contribution in [3.8, 4) is 10.6 Å². The monoisotopic (exact) mass is 372 g/mol. The molecule has 0 atom stereocenters. The van der Waals surface area contributed by atoms with Crippen LogP contribution in [0, 0.1) is 0 Å². The summed E-state index contributed by atoms with van der Waals surface area (Å²) >= 11 is 3.08. The SMILES string of the molecule is O=C(Nc1ccc(N2CCOCC2)nc1)c1csc(-c2ccsc2)n1. The van der Waals surface area contributed by atoms with E-state index in [0.29, 0.717) is 11.4 Å². The third-order valence-electron chi connectivity index (χ3n) is 3.85. The third-order valence-corrected chi connectivity index (χ3v) is 5.42. The van der Waals surface area contributed by atoms with Gasteiger partial charge in [-0.3, -0.25) is 4.79 Å². The maximum Gasteiger partial charge on any atom is 0.275 e. The summed E-state index contributed by atoms with van der Waals surface area (Å²) in [4.78, 5) is 23.4. The molecule has 3 aromatic heterocycles. The number of nitrogens with one attached hydrogen (secondary N) is 1. The smallest absolute Gasteiger partial charge is 0.275 e. The van der Waals surface area contributed by atoms with Gasteiger partial charge in [0.15, 0.2) is 0 Å². The molecule has 0 aliphatic carbocycles. The number of thiophene rings is 1. The average Bonchev–Trinajstić information content (AvgIpc) is 3.35.